The molecule has 19 heavy (non-hydrogen) atoms. The van der Waals surface area contributed by atoms with Crippen molar-refractivity contribution in [3.8, 4) is 0 Å². The Labute approximate surface area is 114 Å². The molecule has 0 amide bonds. The molecule has 1 aromatic rings. The van der Waals surface area contributed by atoms with Gasteiger partial charge in [0.2, 0.25) is 0 Å². The fourth-order valence-corrected chi connectivity index (χ4v) is 1.99. The fourth-order valence-electron chi connectivity index (χ4n) is 1.99. The first kappa shape index (κ1) is 15.7. The maximum absolute atomic E-state index is 11.6. The predicted molar refractivity (Wildman–Crippen MR) is 72.9 cm³/mol. The van der Waals surface area contributed by atoms with Gasteiger partial charge >= 0.3 is 5.97 Å². The molecule has 0 bridgehead atoms. The van der Waals surface area contributed by atoms with Crippen LogP contribution >= 0.6 is 0 Å². The van der Waals surface area contributed by atoms with Crippen LogP contribution in [0.1, 0.15) is 57.2 Å². The molecule has 1 unspecified atom stereocenters. The van der Waals surface area contributed by atoms with Crippen molar-refractivity contribution in [2.45, 2.75) is 59.6 Å². The van der Waals surface area contributed by atoms with Crippen molar-refractivity contribution in [1.29, 1.82) is 0 Å². The molecular formula is C14H24N2O3. The lowest BCUT2D eigenvalue weighted by Crippen LogP contribution is -2.28. The highest BCUT2D eigenvalue weighted by Crippen LogP contribution is 2.20. The number of nitrogens with zero attached hydrogens (tertiary/aromatic N) is 1. The molecule has 0 radical (unpaired) electrons. The van der Waals surface area contributed by atoms with E-state index < -0.39 is 5.60 Å². The van der Waals surface area contributed by atoms with E-state index in [1.807, 2.05) is 41.5 Å². The molecule has 5 nitrogen and oxygen atoms in total. The van der Waals surface area contributed by atoms with E-state index in [4.69, 9.17) is 9.26 Å². The van der Waals surface area contributed by atoms with Crippen LogP contribution in [0, 0.1) is 13.8 Å². The van der Waals surface area contributed by atoms with E-state index in [2.05, 4.69) is 10.5 Å². The van der Waals surface area contributed by atoms with Gasteiger partial charge in [0, 0.05) is 18.2 Å². The average molecular weight is 268 g/mol. The van der Waals surface area contributed by atoms with E-state index in [-0.39, 0.29) is 12.0 Å². The lowest BCUT2D eigenvalue weighted by Gasteiger charge is -2.20. The summed E-state index contributed by atoms with van der Waals surface area (Å²) in [4.78, 5) is 11.6. The molecule has 0 saturated carbocycles. The van der Waals surface area contributed by atoms with Crippen LogP contribution in [-0.2, 0) is 9.53 Å². The van der Waals surface area contributed by atoms with Crippen molar-refractivity contribution in [2.75, 3.05) is 6.54 Å². The summed E-state index contributed by atoms with van der Waals surface area (Å²) in [6.07, 6.45) is 0.352. The first-order valence-electron chi connectivity index (χ1n) is 6.58. The van der Waals surface area contributed by atoms with Gasteiger partial charge in [-0.1, -0.05) is 5.16 Å². The van der Waals surface area contributed by atoms with Gasteiger partial charge in [0.25, 0.3) is 0 Å². The average Bonchev–Trinajstić information content (AvgIpc) is 2.55. The van der Waals surface area contributed by atoms with Gasteiger partial charge in [-0.3, -0.25) is 4.79 Å². The molecule has 0 aliphatic rings. The van der Waals surface area contributed by atoms with E-state index in [1.54, 1.807) is 0 Å². The lowest BCUT2D eigenvalue weighted by atomic mass is 10.1. The van der Waals surface area contributed by atoms with Crippen LogP contribution < -0.4 is 5.32 Å². The summed E-state index contributed by atoms with van der Waals surface area (Å²) in [7, 11) is 0. The van der Waals surface area contributed by atoms with Gasteiger partial charge < -0.3 is 14.6 Å². The molecular weight excluding hydrogens is 244 g/mol. The number of nitrogens with one attached hydrogen (secondary N) is 1. The molecule has 1 heterocycles. The maximum atomic E-state index is 11.6. The highest BCUT2D eigenvalue weighted by Gasteiger charge is 2.18. The van der Waals surface area contributed by atoms with Gasteiger partial charge in [0.15, 0.2) is 0 Å². The summed E-state index contributed by atoms with van der Waals surface area (Å²) in [5, 5.41) is 7.20. The number of esters is 1. The Morgan fingerprint density at radius 1 is 1.42 bits per heavy atom. The molecule has 0 aliphatic carbocycles. The smallest absolute Gasteiger partial charge is 0.307 e. The molecule has 5 heteroatoms. The van der Waals surface area contributed by atoms with Gasteiger partial charge in [-0.2, -0.15) is 0 Å². The molecule has 1 N–H and O–H groups in total. The van der Waals surface area contributed by atoms with E-state index in [9.17, 15) is 4.79 Å². The molecule has 108 valence electrons. The number of aromatic nitrogens is 1. The first-order chi connectivity index (χ1) is 8.70. The third-order valence-corrected chi connectivity index (χ3v) is 2.72. The summed E-state index contributed by atoms with van der Waals surface area (Å²) in [5.74, 6) is 0.626. The number of ether oxygens (including phenoxy) is 1. The molecule has 0 fully saturated rings. The molecule has 0 aliphatic heterocycles. The van der Waals surface area contributed by atoms with Crippen molar-refractivity contribution >= 4 is 5.97 Å². The minimum absolute atomic E-state index is 0.105. The normalized spacial score (nSPS) is 13.4. The summed E-state index contributed by atoms with van der Waals surface area (Å²) < 4.78 is 10.4. The van der Waals surface area contributed by atoms with Crippen molar-refractivity contribution in [2.24, 2.45) is 0 Å². The second-order valence-corrected chi connectivity index (χ2v) is 5.75. The topological polar surface area (TPSA) is 64.4 Å². The monoisotopic (exact) mass is 268 g/mol. The van der Waals surface area contributed by atoms with Crippen molar-refractivity contribution in [3.05, 3.63) is 17.0 Å². The molecule has 0 saturated heterocycles. The van der Waals surface area contributed by atoms with Gasteiger partial charge in [0.1, 0.15) is 11.4 Å². The molecule has 1 rings (SSSR count). The van der Waals surface area contributed by atoms with Crippen LogP contribution in [0.3, 0.4) is 0 Å². The Morgan fingerprint density at radius 3 is 2.53 bits per heavy atom. The van der Waals surface area contributed by atoms with E-state index in [1.165, 1.54) is 0 Å². The quantitative estimate of drug-likeness (QED) is 0.832. The largest absolute Gasteiger partial charge is 0.460 e. The highest BCUT2D eigenvalue weighted by molar-refractivity contribution is 5.70. The Bertz CT molecular complexity index is 413. The zero-order chi connectivity index (χ0) is 14.6. The minimum atomic E-state index is -0.426. The molecule has 0 aromatic carbocycles. The second-order valence-electron chi connectivity index (χ2n) is 5.75. The number of aryl methyl sites for hydroxylation is 2. The summed E-state index contributed by atoms with van der Waals surface area (Å²) >= 11 is 0. The molecule has 1 atom stereocenters. The third-order valence-electron chi connectivity index (χ3n) is 2.72. The summed E-state index contributed by atoms with van der Waals surface area (Å²) in [5.41, 5.74) is 1.52. The summed E-state index contributed by atoms with van der Waals surface area (Å²) in [6.45, 7) is 12.0. The fraction of sp³-hybridized carbons (Fsp3) is 0.714. The molecule has 1 aromatic heterocycles. The van der Waals surface area contributed by atoms with Gasteiger partial charge in [0.05, 0.1) is 12.1 Å². The zero-order valence-corrected chi connectivity index (χ0v) is 12.7. The summed E-state index contributed by atoms with van der Waals surface area (Å²) in [6, 6.07) is 0.105. The van der Waals surface area contributed by atoms with Crippen LogP contribution in [0.2, 0.25) is 0 Å². The lowest BCUT2D eigenvalue weighted by molar-refractivity contribution is -0.154. The van der Waals surface area contributed by atoms with Gasteiger partial charge in [-0.25, -0.2) is 0 Å². The standard InChI is InChI=1S/C14H24N2O3/c1-9(13-10(2)16-19-11(13)3)15-8-7-12(17)18-14(4,5)6/h9,15H,7-8H2,1-6H3. The van der Waals surface area contributed by atoms with Gasteiger partial charge in [-0.05, 0) is 41.5 Å². The Morgan fingerprint density at radius 2 is 2.05 bits per heavy atom. The SMILES string of the molecule is Cc1noc(C)c1C(C)NCCC(=O)OC(C)(C)C. The van der Waals surface area contributed by atoms with Crippen molar-refractivity contribution in [1.82, 2.24) is 10.5 Å². The second kappa shape index (κ2) is 6.19. The number of carbonyl (C=O) groups is 1. The van der Waals surface area contributed by atoms with E-state index in [0.29, 0.717) is 13.0 Å². The Balaban J connectivity index is 2.40. The van der Waals surface area contributed by atoms with Crippen LogP contribution in [0.25, 0.3) is 0 Å². The van der Waals surface area contributed by atoms with E-state index >= 15 is 0 Å². The Hall–Kier alpha value is -1.36. The number of hydrogen-bond donors (Lipinski definition) is 1. The maximum Gasteiger partial charge on any atom is 0.307 e. The zero-order valence-electron chi connectivity index (χ0n) is 12.7. The van der Waals surface area contributed by atoms with Crippen LogP contribution in [0.15, 0.2) is 4.52 Å². The van der Waals surface area contributed by atoms with Crippen molar-refractivity contribution < 1.29 is 14.1 Å². The van der Waals surface area contributed by atoms with Gasteiger partial charge in [-0.15, -0.1) is 0 Å². The molecule has 0 spiro atoms. The van der Waals surface area contributed by atoms with Crippen LogP contribution in [0.4, 0.5) is 0 Å². The van der Waals surface area contributed by atoms with Crippen LogP contribution in [0.5, 0.6) is 0 Å². The highest BCUT2D eigenvalue weighted by atomic mass is 16.6. The first-order valence-corrected chi connectivity index (χ1v) is 6.58. The number of rotatable bonds is 5. The number of carbonyl (C=O) groups excluding carboxylic acids is 1. The van der Waals surface area contributed by atoms with Crippen molar-refractivity contribution in [3.63, 3.8) is 0 Å². The van der Waals surface area contributed by atoms with Crippen LogP contribution in [-0.4, -0.2) is 23.3 Å². The minimum Gasteiger partial charge on any atom is -0.460 e. The Kier molecular flexibility index (Phi) is 5.11. The van der Waals surface area contributed by atoms with E-state index in [0.717, 1.165) is 17.0 Å². The number of hydrogen-bond acceptors (Lipinski definition) is 5. The third kappa shape index (κ3) is 5.03. The predicted octanol–water partition coefficient (Wildman–Crippen LogP) is 2.67.